The molecule has 0 spiro atoms. The van der Waals surface area contributed by atoms with Gasteiger partial charge >= 0.3 is 6.18 Å². The minimum absolute atomic E-state index is 0.0394. The first kappa shape index (κ1) is 28.9. The Bertz CT molecular complexity index is 1150. The molecule has 0 radical (unpaired) electrons. The van der Waals surface area contributed by atoms with E-state index in [-0.39, 0.29) is 29.5 Å². The van der Waals surface area contributed by atoms with E-state index in [4.69, 9.17) is 0 Å². The van der Waals surface area contributed by atoms with Gasteiger partial charge in [0.25, 0.3) is 0 Å². The van der Waals surface area contributed by atoms with Gasteiger partial charge in [0.15, 0.2) is 0 Å². The molecule has 2 aromatic rings. The van der Waals surface area contributed by atoms with Crippen molar-refractivity contribution < 1.29 is 21.6 Å². The van der Waals surface area contributed by atoms with Crippen LogP contribution in [0.2, 0.25) is 0 Å². The van der Waals surface area contributed by atoms with Gasteiger partial charge in [-0.15, -0.1) is 0 Å². The molecule has 0 bridgehead atoms. The molecule has 0 saturated heterocycles. The van der Waals surface area contributed by atoms with Crippen LogP contribution in [0.1, 0.15) is 74.6 Å². The second kappa shape index (κ2) is 12.4. The normalized spacial score (nSPS) is 22.5. The Kier molecular flexibility index (Phi) is 9.42. The fourth-order valence-electron chi connectivity index (χ4n) is 5.38. The Hall–Kier alpha value is -2.10. The molecule has 38 heavy (non-hydrogen) atoms. The number of hydrogen-bond acceptors (Lipinski definition) is 4. The molecule has 4 atom stereocenters. The van der Waals surface area contributed by atoms with E-state index in [0.717, 1.165) is 42.6 Å². The molecule has 0 unspecified atom stereocenters. The molecule has 3 N–H and O–H groups in total. The molecule has 210 valence electrons. The zero-order valence-corrected chi connectivity index (χ0v) is 23.0. The zero-order valence-electron chi connectivity index (χ0n) is 22.2. The van der Waals surface area contributed by atoms with Crippen LogP contribution in [0.15, 0.2) is 48.5 Å². The average molecular weight is 552 g/mol. The second-order valence-corrected chi connectivity index (χ2v) is 13.1. The Balaban J connectivity index is 1.36. The molecule has 1 fully saturated rings. The van der Waals surface area contributed by atoms with Crippen molar-refractivity contribution in [3.63, 3.8) is 0 Å². The lowest BCUT2D eigenvalue weighted by molar-refractivity contribution is -0.137. The number of fused-ring (bicyclic) bond motifs is 1. The number of sulfonamides is 1. The first-order valence-electron chi connectivity index (χ1n) is 13.7. The smallest absolute Gasteiger partial charge is 0.378 e. The van der Waals surface area contributed by atoms with Crippen LogP contribution in [-0.4, -0.2) is 33.8 Å². The molecular weight excluding hydrogens is 511 g/mol. The first-order chi connectivity index (χ1) is 18.0. The number of halogens is 3. The minimum atomic E-state index is -4.39. The predicted octanol–water partition coefficient (Wildman–Crippen LogP) is 6.32. The topological polar surface area (TPSA) is 70.2 Å². The summed E-state index contributed by atoms with van der Waals surface area (Å²) in [7, 11) is -3.34. The fraction of sp³-hybridized carbons (Fsp3) is 0.586. The van der Waals surface area contributed by atoms with E-state index in [1.54, 1.807) is 6.07 Å². The number of anilines is 1. The van der Waals surface area contributed by atoms with Gasteiger partial charge in [0.05, 0.1) is 17.4 Å². The Labute approximate surface area is 225 Å². The highest BCUT2D eigenvalue weighted by Crippen LogP contribution is 2.48. The molecule has 9 heteroatoms. The highest BCUT2D eigenvalue weighted by Gasteiger charge is 2.37. The van der Waals surface area contributed by atoms with Crippen molar-refractivity contribution in [2.24, 2.45) is 17.8 Å². The molecule has 0 aromatic heterocycles. The van der Waals surface area contributed by atoms with E-state index >= 15 is 0 Å². The largest absolute Gasteiger partial charge is 0.416 e. The van der Waals surface area contributed by atoms with Crippen molar-refractivity contribution >= 4 is 15.7 Å². The van der Waals surface area contributed by atoms with Crippen LogP contribution < -0.4 is 15.4 Å². The lowest BCUT2D eigenvalue weighted by atomic mass is 9.73. The van der Waals surface area contributed by atoms with Crippen LogP contribution in [0.25, 0.3) is 0 Å². The summed E-state index contributed by atoms with van der Waals surface area (Å²) >= 11 is 0. The van der Waals surface area contributed by atoms with Gasteiger partial charge in [-0.05, 0) is 98.2 Å². The lowest BCUT2D eigenvalue weighted by Crippen LogP contribution is -2.33. The van der Waals surface area contributed by atoms with E-state index in [1.165, 1.54) is 18.9 Å². The molecule has 5 nitrogen and oxygen atoms in total. The first-order valence-corrected chi connectivity index (χ1v) is 15.4. The van der Waals surface area contributed by atoms with Crippen LogP contribution in [0.3, 0.4) is 0 Å². The molecular formula is C29H40F3N3O2S. The van der Waals surface area contributed by atoms with Crippen molar-refractivity contribution in [3.8, 4) is 0 Å². The summed E-state index contributed by atoms with van der Waals surface area (Å²) in [5, 5.41) is 6.83. The minimum Gasteiger partial charge on any atom is -0.378 e. The van der Waals surface area contributed by atoms with Gasteiger partial charge in [0.1, 0.15) is 0 Å². The molecule has 1 aliphatic carbocycles. The maximum Gasteiger partial charge on any atom is 0.416 e. The van der Waals surface area contributed by atoms with Crippen molar-refractivity contribution in [3.05, 3.63) is 65.2 Å². The van der Waals surface area contributed by atoms with Gasteiger partial charge in [0.2, 0.25) is 10.0 Å². The number of nitrogens with one attached hydrogen (secondary N) is 3. The van der Waals surface area contributed by atoms with Crippen molar-refractivity contribution in [2.75, 3.05) is 30.7 Å². The number of benzene rings is 2. The summed E-state index contributed by atoms with van der Waals surface area (Å²) in [6, 6.07) is 13.9. The third kappa shape index (κ3) is 7.96. The molecule has 2 aliphatic rings. The van der Waals surface area contributed by atoms with Gasteiger partial charge in [-0.3, -0.25) is 0 Å². The number of alkyl halides is 3. The average Bonchev–Trinajstić information content (AvgIpc) is 3.71. The standard InChI is InChI=1S/C29H40F3N3O2S/c1-20(18-34-38(36,37)16-6-15-33-19-22-10-11-22)9-13-25-21(2)26-17-24(29(30,31)32)12-14-27(26)35-28(25)23-7-4-3-5-8-23/h3-5,7-8,12,14,17,20-22,25,28,33-35H,6,9-11,13,15-16,18-19H2,1-2H3/t20-,21+,25-,28+/m1/s1. The van der Waals surface area contributed by atoms with Crippen molar-refractivity contribution in [1.82, 2.24) is 10.0 Å². The summed E-state index contributed by atoms with van der Waals surface area (Å²) < 4.78 is 67.9. The van der Waals surface area contributed by atoms with Gasteiger partial charge in [-0.2, -0.15) is 13.2 Å². The third-order valence-corrected chi connectivity index (χ3v) is 9.38. The van der Waals surface area contributed by atoms with Crippen LogP contribution in [0.5, 0.6) is 0 Å². The van der Waals surface area contributed by atoms with E-state index in [9.17, 15) is 21.6 Å². The third-order valence-electron chi connectivity index (χ3n) is 7.95. The van der Waals surface area contributed by atoms with Crippen LogP contribution >= 0.6 is 0 Å². The van der Waals surface area contributed by atoms with Gasteiger partial charge < -0.3 is 10.6 Å². The highest BCUT2D eigenvalue weighted by molar-refractivity contribution is 7.89. The van der Waals surface area contributed by atoms with Crippen LogP contribution in [-0.2, 0) is 16.2 Å². The van der Waals surface area contributed by atoms with E-state index < -0.39 is 21.8 Å². The van der Waals surface area contributed by atoms with Crippen LogP contribution in [0.4, 0.5) is 18.9 Å². The maximum atomic E-state index is 13.4. The maximum absolute atomic E-state index is 13.4. The molecule has 0 amide bonds. The highest BCUT2D eigenvalue weighted by atomic mass is 32.2. The molecule has 2 aromatic carbocycles. The summed E-state index contributed by atoms with van der Waals surface area (Å²) in [5.74, 6) is 0.949. The van der Waals surface area contributed by atoms with Crippen LogP contribution in [0, 0.1) is 17.8 Å². The van der Waals surface area contributed by atoms with Crippen molar-refractivity contribution in [1.29, 1.82) is 0 Å². The van der Waals surface area contributed by atoms with Gasteiger partial charge in [-0.1, -0.05) is 44.2 Å². The number of rotatable bonds is 13. The lowest BCUT2D eigenvalue weighted by Gasteiger charge is -2.40. The summed E-state index contributed by atoms with van der Waals surface area (Å²) in [5.41, 5.74) is 1.88. The Morgan fingerprint density at radius 3 is 2.53 bits per heavy atom. The van der Waals surface area contributed by atoms with Gasteiger partial charge in [0, 0.05) is 12.2 Å². The molecule has 1 aliphatic heterocycles. The summed E-state index contributed by atoms with van der Waals surface area (Å²) in [6.07, 6.45) is 0.262. The zero-order chi connectivity index (χ0) is 27.3. The monoisotopic (exact) mass is 551 g/mol. The SMILES string of the molecule is C[C@H](CC[C@@H]1[C@H](C)c2cc(C(F)(F)F)ccc2N[C@H]1c1ccccc1)CNS(=O)(=O)CCCNCC1CC1. The Morgan fingerprint density at radius 1 is 1.11 bits per heavy atom. The second-order valence-electron chi connectivity index (χ2n) is 11.1. The van der Waals surface area contributed by atoms with Gasteiger partial charge in [-0.25, -0.2) is 13.1 Å². The van der Waals surface area contributed by atoms with E-state index in [0.29, 0.717) is 25.1 Å². The van der Waals surface area contributed by atoms with E-state index in [2.05, 4.69) is 15.4 Å². The van der Waals surface area contributed by atoms with E-state index in [1.807, 2.05) is 44.2 Å². The fourth-order valence-corrected chi connectivity index (χ4v) is 6.59. The molecule has 4 rings (SSSR count). The molecule has 1 saturated carbocycles. The predicted molar refractivity (Wildman–Crippen MR) is 147 cm³/mol. The number of hydrogen-bond donors (Lipinski definition) is 3. The molecule has 1 heterocycles. The van der Waals surface area contributed by atoms with Crippen molar-refractivity contribution in [2.45, 2.75) is 64.1 Å². The Morgan fingerprint density at radius 2 is 1.84 bits per heavy atom. The quantitative estimate of drug-likeness (QED) is 0.255. The summed E-state index contributed by atoms with van der Waals surface area (Å²) in [6.45, 7) is 6.07. The summed E-state index contributed by atoms with van der Waals surface area (Å²) in [4.78, 5) is 0.